The van der Waals surface area contributed by atoms with Crippen LogP contribution in [0, 0.1) is 5.92 Å². The van der Waals surface area contributed by atoms with Crippen LogP contribution in [0.2, 0.25) is 5.04 Å². The van der Waals surface area contributed by atoms with E-state index in [1.807, 2.05) is 20.8 Å². The minimum atomic E-state index is -1.50. The molecule has 0 spiro atoms. The van der Waals surface area contributed by atoms with Gasteiger partial charge in [-0.25, -0.2) is 0 Å². The van der Waals surface area contributed by atoms with Gasteiger partial charge in [0.2, 0.25) is 0 Å². The molecule has 14 heavy (non-hydrogen) atoms. The molecule has 0 N–H and O–H groups in total. The molecule has 83 valence electrons. The number of hydrogen-bond donors (Lipinski definition) is 0. The zero-order valence-electron chi connectivity index (χ0n) is 10.0. The lowest BCUT2D eigenvalue weighted by molar-refractivity contribution is -0.133. The molecule has 0 bridgehead atoms. The highest BCUT2D eigenvalue weighted by Crippen LogP contribution is 2.28. The van der Waals surface area contributed by atoms with Gasteiger partial charge in [-0.15, -0.1) is 0 Å². The Hall–Kier alpha value is -0.353. The van der Waals surface area contributed by atoms with Crippen LogP contribution < -0.4 is 0 Å². The Kier molecular flexibility index (Phi) is 5.37. The van der Waals surface area contributed by atoms with Crippen molar-refractivity contribution in [3.05, 3.63) is 0 Å². The predicted molar refractivity (Wildman–Crippen MR) is 58.0 cm³/mol. The van der Waals surface area contributed by atoms with Crippen LogP contribution in [0.25, 0.3) is 0 Å². The Bertz CT molecular complexity index is 184. The van der Waals surface area contributed by atoms with Crippen molar-refractivity contribution in [2.24, 2.45) is 5.92 Å². The van der Waals surface area contributed by atoms with Gasteiger partial charge in [-0.1, -0.05) is 34.6 Å². The summed E-state index contributed by atoms with van der Waals surface area (Å²) in [6, 6.07) is 0. The van der Waals surface area contributed by atoms with Gasteiger partial charge in [0.05, 0.1) is 0 Å². The molecule has 0 aromatic carbocycles. The summed E-state index contributed by atoms with van der Waals surface area (Å²) in [5, 5.41) is -0.0781. The maximum Gasteiger partial charge on any atom is 0.465 e. The summed E-state index contributed by atoms with van der Waals surface area (Å²) >= 11 is 0. The average Bonchev–Trinajstić information content (AvgIpc) is 1.94. The third-order valence-electron chi connectivity index (χ3n) is 1.40. The van der Waals surface area contributed by atoms with Crippen molar-refractivity contribution in [2.45, 2.75) is 46.6 Å². The smallest absolute Gasteiger partial charge is 0.465 e. The van der Waals surface area contributed by atoms with Crippen LogP contribution in [0.5, 0.6) is 0 Å². The zero-order chi connectivity index (χ0) is 11.4. The van der Waals surface area contributed by atoms with Crippen molar-refractivity contribution in [2.75, 3.05) is 6.61 Å². The van der Waals surface area contributed by atoms with Crippen LogP contribution in [-0.4, -0.2) is 21.9 Å². The van der Waals surface area contributed by atoms with Crippen LogP contribution in [0.1, 0.15) is 41.5 Å². The van der Waals surface area contributed by atoms with Crippen LogP contribution >= 0.6 is 0 Å². The minimum absolute atomic E-state index is 0.0781. The standard InChI is InChI=1S/C10H21O3Si/c1-8(2)7-12-14(10(4,5)6)13-9(3)11/h8H,7H2,1-6H3. The monoisotopic (exact) mass is 217 g/mol. The SMILES string of the molecule is CC(=O)O[Si](OCC(C)C)C(C)(C)C. The van der Waals surface area contributed by atoms with Gasteiger partial charge >= 0.3 is 9.28 Å². The summed E-state index contributed by atoms with van der Waals surface area (Å²) in [6.45, 7) is 12.3. The third-order valence-corrected chi connectivity index (χ3v) is 3.52. The fourth-order valence-corrected chi connectivity index (χ4v) is 2.32. The number of carbonyl (C=O) groups is 1. The maximum atomic E-state index is 10.9. The average molecular weight is 217 g/mol. The molecular weight excluding hydrogens is 196 g/mol. The molecule has 0 aromatic rings. The van der Waals surface area contributed by atoms with Crippen LogP contribution in [0.3, 0.4) is 0 Å². The summed E-state index contributed by atoms with van der Waals surface area (Å²) in [5.74, 6) is 0.213. The first-order valence-corrected chi connectivity index (χ1v) is 6.23. The Morgan fingerprint density at radius 2 is 1.86 bits per heavy atom. The molecule has 0 rings (SSSR count). The summed E-state index contributed by atoms with van der Waals surface area (Å²) in [5.41, 5.74) is 0. The third kappa shape index (κ3) is 6.15. The number of rotatable bonds is 4. The fraction of sp³-hybridized carbons (Fsp3) is 0.900. The first-order valence-electron chi connectivity index (χ1n) is 4.92. The molecule has 4 heteroatoms. The van der Waals surface area contributed by atoms with Crippen molar-refractivity contribution in [3.63, 3.8) is 0 Å². The predicted octanol–water partition coefficient (Wildman–Crippen LogP) is 2.51. The van der Waals surface area contributed by atoms with E-state index in [4.69, 9.17) is 8.85 Å². The van der Waals surface area contributed by atoms with Gasteiger partial charge in [0.1, 0.15) is 0 Å². The van der Waals surface area contributed by atoms with E-state index in [-0.39, 0.29) is 11.0 Å². The van der Waals surface area contributed by atoms with Crippen LogP contribution in [0.15, 0.2) is 0 Å². The van der Waals surface area contributed by atoms with Crippen molar-refractivity contribution in [1.29, 1.82) is 0 Å². The lowest BCUT2D eigenvalue weighted by Gasteiger charge is -2.26. The highest BCUT2D eigenvalue weighted by Gasteiger charge is 2.35. The molecule has 0 saturated heterocycles. The van der Waals surface area contributed by atoms with E-state index in [0.717, 1.165) is 0 Å². The van der Waals surface area contributed by atoms with E-state index in [2.05, 4.69) is 13.8 Å². The molecule has 0 aliphatic heterocycles. The van der Waals surface area contributed by atoms with Gasteiger partial charge in [-0.3, -0.25) is 4.79 Å². The Labute approximate surface area is 88.6 Å². The van der Waals surface area contributed by atoms with E-state index in [9.17, 15) is 4.79 Å². The summed E-state index contributed by atoms with van der Waals surface area (Å²) in [6.07, 6.45) is 0. The Morgan fingerprint density at radius 1 is 1.36 bits per heavy atom. The fourth-order valence-electron chi connectivity index (χ4n) is 0.772. The van der Waals surface area contributed by atoms with Gasteiger partial charge in [0, 0.05) is 18.6 Å². The van der Waals surface area contributed by atoms with Crippen molar-refractivity contribution < 1.29 is 13.6 Å². The van der Waals surface area contributed by atoms with Gasteiger partial charge in [-0.05, 0) is 5.92 Å². The second-order valence-electron chi connectivity index (χ2n) is 4.84. The minimum Gasteiger partial charge on any atom is -0.492 e. The van der Waals surface area contributed by atoms with E-state index < -0.39 is 9.28 Å². The Balaban J connectivity index is 4.19. The molecule has 3 nitrogen and oxygen atoms in total. The molecule has 0 unspecified atom stereocenters. The molecule has 0 heterocycles. The molecular formula is C10H21O3Si. The lowest BCUT2D eigenvalue weighted by Crippen LogP contribution is -2.35. The molecule has 0 amide bonds. The van der Waals surface area contributed by atoms with Crippen molar-refractivity contribution in [1.82, 2.24) is 0 Å². The summed E-state index contributed by atoms with van der Waals surface area (Å²) < 4.78 is 10.8. The van der Waals surface area contributed by atoms with E-state index in [1.165, 1.54) is 6.92 Å². The van der Waals surface area contributed by atoms with Gasteiger partial charge in [-0.2, -0.15) is 0 Å². The van der Waals surface area contributed by atoms with Crippen LogP contribution in [-0.2, 0) is 13.6 Å². The van der Waals surface area contributed by atoms with E-state index in [1.54, 1.807) is 0 Å². The summed E-state index contributed by atoms with van der Waals surface area (Å²) in [4.78, 5) is 10.9. The molecule has 0 atom stereocenters. The largest absolute Gasteiger partial charge is 0.492 e. The molecule has 0 aliphatic rings. The number of carbonyl (C=O) groups excluding carboxylic acids is 1. The molecule has 1 radical (unpaired) electrons. The molecule has 0 saturated carbocycles. The van der Waals surface area contributed by atoms with Crippen molar-refractivity contribution in [3.8, 4) is 0 Å². The normalized spacial score (nSPS) is 12.3. The van der Waals surface area contributed by atoms with Gasteiger partial charge in [0.15, 0.2) is 0 Å². The first-order chi connectivity index (χ1) is 6.23. The lowest BCUT2D eigenvalue weighted by atomic mass is 10.2. The number of hydrogen-bond acceptors (Lipinski definition) is 3. The highest BCUT2D eigenvalue weighted by atomic mass is 28.3. The maximum absolute atomic E-state index is 10.9. The van der Waals surface area contributed by atoms with Crippen LogP contribution in [0.4, 0.5) is 0 Å². The van der Waals surface area contributed by atoms with Gasteiger partial charge in [0.25, 0.3) is 5.97 Å². The van der Waals surface area contributed by atoms with E-state index >= 15 is 0 Å². The Morgan fingerprint density at radius 3 is 2.14 bits per heavy atom. The topological polar surface area (TPSA) is 35.5 Å². The quantitative estimate of drug-likeness (QED) is 0.679. The molecule has 0 aromatic heterocycles. The zero-order valence-corrected chi connectivity index (χ0v) is 11.0. The second kappa shape index (κ2) is 5.51. The van der Waals surface area contributed by atoms with E-state index in [0.29, 0.717) is 12.5 Å². The molecule has 0 fully saturated rings. The first kappa shape index (κ1) is 13.6. The van der Waals surface area contributed by atoms with Crippen molar-refractivity contribution >= 4 is 15.3 Å². The summed E-state index contributed by atoms with van der Waals surface area (Å²) in [7, 11) is -1.50. The highest BCUT2D eigenvalue weighted by molar-refractivity contribution is 6.50. The second-order valence-corrected chi connectivity index (χ2v) is 7.40. The molecule has 0 aliphatic carbocycles. The van der Waals surface area contributed by atoms with Gasteiger partial charge < -0.3 is 8.85 Å².